The number of nitrogens with zero attached hydrogens (tertiary/aromatic N) is 2. The Labute approximate surface area is 170 Å². The number of hydrogen-bond donors (Lipinski definition) is 1. The first-order valence-corrected chi connectivity index (χ1v) is 11.4. The number of sulfonamides is 1. The molecule has 1 aromatic carbocycles. The molecule has 1 N–H and O–H groups in total. The van der Waals surface area contributed by atoms with Gasteiger partial charge >= 0.3 is 0 Å². The SMILES string of the molecule is CCCCN(CC)S(=O)(=O)c1ccc(C(=O)Nc2sc(C)c(C)c2C#N)cc1. The summed E-state index contributed by atoms with van der Waals surface area (Å²) in [5.74, 6) is -0.375. The zero-order valence-corrected chi connectivity index (χ0v) is 18.2. The van der Waals surface area contributed by atoms with E-state index < -0.39 is 10.0 Å². The Morgan fingerprint density at radius 2 is 1.86 bits per heavy atom. The number of unbranched alkanes of at least 4 members (excludes halogenated alkanes) is 1. The number of hydrogen-bond acceptors (Lipinski definition) is 5. The van der Waals surface area contributed by atoms with Crippen LogP contribution < -0.4 is 5.32 Å². The molecule has 2 rings (SSSR count). The fourth-order valence-corrected chi connectivity index (χ4v) is 5.23. The van der Waals surface area contributed by atoms with E-state index in [2.05, 4.69) is 11.4 Å². The molecule has 1 heterocycles. The van der Waals surface area contributed by atoms with Gasteiger partial charge in [-0.1, -0.05) is 20.3 Å². The molecule has 0 aliphatic rings. The summed E-state index contributed by atoms with van der Waals surface area (Å²) in [7, 11) is -3.58. The van der Waals surface area contributed by atoms with Crippen LogP contribution in [0.2, 0.25) is 0 Å². The van der Waals surface area contributed by atoms with Crippen molar-refractivity contribution in [3.63, 3.8) is 0 Å². The van der Waals surface area contributed by atoms with Crippen molar-refractivity contribution in [3.8, 4) is 6.07 Å². The minimum Gasteiger partial charge on any atom is -0.312 e. The van der Waals surface area contributed by atoms with Crippen molar-refractivity contribution in [3.05, 3.63) is 45.8 Å². The van der Waals surface area contributed by atoms with Crippen molar-refractivity contribution in [2.75, 3.05) is 18.4 Å². The molecule has 150 valence electrons. The zero-order valence-electron chi connectivity index (χ0n) is 16.6. The van der Waals surface area contributed by atoms with Crippen LogP contribution >= 0.6 is 11.3 Å². The normalized spacial score (nSPS) is 11.4. The summed E-state index contributed by atoms with van der Waals surface area (Å²) in [5.41, 5.74) is 1.66. The van der Waals surface area contributed by atoms with Gasteiger partial charge in [0.15, 0.2) is 0 Å². The maximum Gasteiger partial charge on any atom is 0.256 e. The highest BCUT2D eigenvalue weighted by atomic mass is 32.2. The lowest BCUT2D eigenvalue weighted by Gasteiger charge is -2.20. The second-order valence-corrected chi connectivity index (χ2v) is 9.59. The first-order valence-electron chi connectivity index (χ1n) is 9.17. The van der Waals surface area contributed by atoms with Gasteiger partial charge in [0.05, 0.1) is 10.5 Å². The first kappa shape index (κ1) is 22.1. The van der Waals surface area contributed by atoms with Crippen LogP contribution in [0.3, 0.4) is 0 Å². The molecule has 0 unspecified atom stereocenters. The molecule has 8 heteroatoms. The molecule has 0 bridgehead atoms. The topological polar surface area (TPSA) is 90.3 Å². The summed E-state index contributed by atoms with van der Waals surface area (Å²) in [6.07, 6.45) is 1.71. The Kier molecular flexibility index (Phi) is 7.35. The second kappa shape index (κ2) is 9.32. The van der Waals surface area contributed by atoms with E-state index in [1.807, 2.05) is 27.7 Å². The van der Waals surface area contributed by atoms with Gasteiger partial charge in [-0.3, -0.25) is 4.79 Å². The van der Waals surface area contributed by atoms with Gasteiger partial charge in [0, 0.05) is 23.5 Å². The Hall–Kier alpha value is -2.21. The monoisotopic (exact) mass is 419 g/mol. The minimum absolute atomic E-state index is 0.169. The average molecular weight is 420 g/mol. The lowest BCUT2D eigenvalue weighted by atomic mass is 10.2. The molecule has 0 aliphatic heterocycles. The number of carbonyl (C=O) groups is 1. The maximum absolute atomic E-state index is 12.8. The lowest BCUT2D eigenvalue weighted by Crippen LogP contribution is -2.31. The number of benzene rings is 1. The third-order valence-electron chi connectivity index (χ3n) is 4.59. The van der Waals surface area contributed by atoms with Crippen molar-refractivity contribution >= 4 is 32.3 Å². The van der Waals surface area contributed by atoms with Crippen LogP contribution in [-0.4, -0.2) is 31.7 Å². The van der Waals surface area contributed by atoms with Crippen LogP contribution in [0.15, 0.2) is 29.2 Å². The van der Waals surface area contributed by atoms with Gasteiger partial charge in [0.25, 0.3) is 5.91 Å². The van der Waals surface area contributed by atoms with E-state index in [0.717, 1.165) is 23.3 Å². The Balaban J connectivity index is 2.21. The van der Waals surface area contributed by atoms with Gasteiger partial charge < -0.3 is 5.32 Å². The highest BCUT2D eigenvalue weighted by Crippen LogP contribution is 2.32. The number of amides is 1. The van der Waals surface area contributed by atoms with Crippen molar-refractivity contribution in [1.82, 2.24) is 4.31 Å². The Bertz CT molecular complexity index is 987. The number of nitrogens with one attached hydrogen (secondary N) is 1. The third kappa shape index (κ3) is 4.61. The lowest BCUT2D eigenvalue weighted by molar-refractivity contribution is 0.102. The van der Waals surface area contributed by atoms with Crippen LogP contribution in [0.5, 0.6) is 0 Å². The molecule has 0 saturated heterocycles. The summed E-state index contributed by atoms with van der Waals surface area (Å²) < 4.78 is 27.0. The minimum atomic E-state index is -3.58. The molecular weight excluding hydrogens is 394 g/mol. The molecule has 0 atom stereocenters. The number of aryl methyl sites for hydroxylation is 1. The van der Waals surface area contributed by atoms with Gasteiger partial charge in [-0.05, 0) is 50.1 Å². The number of rotatable bonds is 8. The van der Waals surface area contributed by atoms with Gasteiger partial charge in [-0.25, -0.2) is 8.42 Å². The van der Waals surface area contributed by atoms with Crippen LogP contribution in [0, 0.1) is 25.2 Å². The molecule has 28 heavy (non-hydrogen) atoms. The predicted molar refractivity (Wildman–Crippen MR) is 112 cm³/mol. The number of anilines is 1. The van der Waals surface area contributed by atoms with Crippen LogP contribution in [0.4, 0.5) is 5.00 Å². The van der Waals surface area contributed by atoms with E-state index in [1.165, 1.54) is 39.9 Å². The first-order chi connectivity index (χ1) is 13.3. The van der Waals surface area contributed by atoms with Crippen molar-refractivity contribution < 1.29 is 13.2 Å². The van der Waals surface area contributed by atoms with Gasteiger partial charge in [-0.15, -0.1) is 11.3 Å². The molecular formula is C20H25N3O3S2. The highest BCUT2D eigenvalue weighted by Gasteiger charge is 2.23. The molecule has 0 aliphatic carbocycles. The quantitative estimate of drug-likeness (QED) is 0.691. The molecule has 1 amide bonds. The van der Waals surface area contributed by atoms with E-state index in [1.54, 1.807) is 0 Å². The van der Waals surface area contributed by atoms with E-state index in [9.17, 15) is 18.5 Å². The average Bonchev–Trinajstić information content (AvgIpc) is 2.95. The van der Waals surface area contributed by atoms with Crippen molar-refractivity contribution in [2.24, 2.45) is 0 Å². The van der Waals surface area contributed by atoms with Crippen molar-refractivity contribution in [1.29, 1.82) is 5.26 Å². The van der Waals surface area contributed by atoms with Gasteiger partial charge in [0.1, 0.15) is 11.1 Å². The second-order valence-electron chi connectivity index (χ2n) is 6.43. The molecule has 2 aromatic rings. The Morgan fingerprint density at radius 1 is 1.21 bits per heavy atom. The van der Waals surface area contributed by atoms with Crippen LogP contribution in [0.1, 0.15) is 53.1 Å². The van der Waals surface area contributed by atoms with E-state index in [0.29, 0.717) is 29.2 Å². The summed E-state index contributed by atoms with van der Waals surface area (Å²) in [6, 6.07) is 8.01. The fraction of sp³-hybridized carbons (Fsp3) is 0.400. The maximum atomic E-state index is 12.8. The summed E-state index contributed by atoms with van der Waals surface area (Å²) >= 11 is 1.35. The number of thiophene rings is 1. The van der Waals surface area contributed by atoms with E-state index in [4.69, 9.17) is 0 Å². The molecule has 1 aromatic heterocycles. The van der Waals surface area contributed by atoms with Crippen LogP contribution in [-0.2, 0) is 10.0 Å². The van der Waals surface area contributed by atoms with Crippen molar-refractivity contribution in [2.45, 2.75) is 45.4 Å². The molecule has 0 fully saturated rings. The molecule has 6 nitrogen and oxygen atoms in total. The van der Waals surface area contributed by atoms with Crippen LogP contribution in [0.25, 0.3) is 0 Å². The predicted octanol–water partition coefficient (Wildman–Crippen LogP) is 4.30. The Morgan fingerprint density at radius 3 is 2.39 bits per heavy atom. The fourth-order valence-electron chi connectivity index (χ4n) is 2.73. The van der Waals surface area contributed by atoms with E-state index in [-0.39, 0.29) is 10.8 Å². The smallest absolute Gasteiger partial charge is 0.256 e. The third-order valence-corrected chi connectivity index (χ3v) is 7.70. The highest BCUT2D eigenvalue weighted by molar-refractivity contribution is 7.89. The van der Waals surface area contributed by atoms with Gasteiger partial charge in [0.2, 0.25) is 10.0 Å². The van der Waals surface area contributed by atoms with E-state index >= 15 is 0 Å². The summed E-state index contributed by atoms with van der Waals surface area (Å²) in [5, 5.41) is 12.6. The zero-order chi connectivity index (χ0) is 20.9. The summed E-state index contributed by atoms with van der Waals surface area (Å²) in [4.78, 5) is 13.7. The molecule has 0 radical (unpaired) electrons. The summed E-state index contributed by atoms with van der Waals surface area (Å²) in [6.45, 7) is 8.45. The number of nitriles is 1. The molecule has 0 spiro atoms. The molecule has 0 saturated carbocycles. The van der Waals surface area contributed by atoms with Gasteiger partial charge in [-0.2, -0.15) is 9.57 Å². The number of carbonyl (C=O) groups excluding carboxylic acids is 1. The standard InChI is InChI=1S/C20H25N3O3S2/c1-5-7-12-23(6-2)28(25,26)17-10-8-16(9-11-17)19(24)22-20-18(13-21)14(3)15(4)27-20/h8-11H,5-7,12H2,1-4H3,(H,22,24). The largest absolute Gasteiger partial charge is 0.312 e.